The van der Waals surface area contributed by atoms with Crippen LogP contribution in [0, 0.1) is 6.92 Å². The minimum Gasteiger partial charge on any atom is -0.326 e. The summed E-state index contributed by atoms with van der Waals surface area (Å²) in [4.78, 5) is 24.9. The van der Waals surface area contributed by atoms with Gasteiger partial charge in [0.25, 0.3) is 0 Å². The maximum Gasteiger partial charge on any atom is 0.240 e. The molecular formula is C19H23N3O4S. The third-order valence-corrected chi connectivity index (χ3v) is 5.49. The van der Waals surface area contributed by atoms with Crippen molar-refractivity contribution < 1.29 is 18.0 Å². The molecule has 0 saturated carbocycles. The van der Waals surface area contributed by atoms with E-state index in [1.54, 1.807) is 49.4 Å². The number of sulfonamides is 1. The molecule has 0 spiro atoms. The lowest BCUT2D eigenvalue weighted by Crippen LogP contribution is -2.37. The van der Waals surface area contributed by atoms with Crippen LogP contribution in [0.3, 0.4) is 0 Å². The Morgan fingerprint density at radius 1 is 1.04 bits per heavy atom. The van der Waals surface area contributed by atoms with E-state index in [4.69, 9.17) is 0 Å². The first-order valence-corrected chi connectivity index (χ1v) is 9.90. The molecule has 144 valence electrons. The van der Waals surface area contributed by atoms with Crippen molar-refractivity contribution in [2.24, 2.45) is 0 Å². The number of aryl methyl sites for hydroxylation is 1. The van der Waals surface area contributed by atoms with Gasteiger partial charge in [0.2, 0.25) is 21.8 Å². The molecule has 0 bridgehead atoms. The number of carbonyl (C=O) groups is 2. The molecule has 2 aromatic carbocycles. The average molecular weight is 389 g/mol. The normalized spacial score (nSPS) is 11.1. The smallest absolute Gasteiger partial charge is 0.240 e. The average Bonchev–Trinajstić information content (AvgIpc) is 2.58. The molecule has 2 aromatic rings. The number of hydrogen-bond acceptors (Lipinski definition) is 4. The largest absolute Gasteiger partial charge is 0.326 e. The molecule has 27 heavy (non-hydrogen) atoms. The Bertz CT molecular complexity index is 941. The molecule has 2 N–H and O–H groups in total. The van der Waals surface area contributed by atoms with Crippen molar-refractivity contribution in [3.8, 4) is 0 Å². The molecule has 0 saturated heterocycles. The minimum atomic E-state index is -3.66. The summed E-state index contributed by atoms with van der Waals surface area (Å²) in [5, 5.41) is 2.66. The van der Waals surface area contributed by atoms with E-state index in [9.17, 15) is 18.0 Å². The SMILES string of the molecule is CC(=O)Nc1cccc(N(CCNS(=O)(=O)c2ccccc2C)C(C)=O)c1. The molecule has 0 unspecified atom stereocenters. The Kier molecular flexibility index (Phi) is 6.70. The first kappa shape index (κ1) is 20.6. The van der Waals surface area contributed by atoms with E-state index >= 15 is 0 Å². The zero-order chi connectivity index (χ0) is 20.0. The van der Waals surface area contributed by atoms with Crippen molar-refractivity contribution >= 4 is 33.2 Å². The van der Waals surface area contributed by atoms with Crippen LogP contribution < -0.4 is 14.9 Å². The maximum atomic E-state index is 12.5. The van der Waals surface area contributed by atoms with Crippen LogP contribution in [0.1, 0.15) is 19.4 Å². The van der Waals surface area contributed by atoms with Crippen molar-refractivity contribution in [2.45, 2.75) is 25.7 Å². The lowest BCUT2D eigenvalue weighted by Gasteiger charge is -2.22. The molecule has 0 atom stereocenters. The van der Waals surface area contributed by atoms with Gasteiger partial charge in [-0.3, -0.25) is 9.59 Å². The van der Waals surface area contributed by atoms with Crippen molar-refractivity contribution in [1.29, 1.82) is 0 Å². The predicted molar refractivity (Wildman–Crippen MR) is 105 cm³/mol. The maximum absolute atomic E-state index is 12.5. The zero-order valence-electron chi connectivity index (χ0n) is 15.5. The van der Waals surface area contributed by atoms with Crippen molar-refractivity contribution in [3.63, 3.8) is 0 Å². The van der Waals surface area contributed by atoms with Crippen LogP contribution in [0.4, 0.5) is 11.4 Å². The number of nitrogens with one attached hydrogen (secondary N) is 2. The van der Waals surface area contributed by atoms with E-state index < -0.39 is 10.0 Å². The topological polar surface area (TPSA) is 95.6 Å². The third kappa shape index (κ3) is 5.63. The second-order valence-electron chi connectivity index (χ2n) is 6.07. The van der Waals surface area contributed by atoms with Gasteiger partial charge in [0.05, 0.1) is 4.90 Å². The molecule has 0 aliphatic carbocycles. The summed E-state index contributed by atoms with van der Waals surface area (Å²) >= 11 is 0. The highest BCUT2D eigenvalue weighted by Crippen LogP contribution is 2.20. The minimum absolute atomic E-state index is 0.0562. The summed E-state index contributed by atoms with van der Waals surface area (Å²) in [6.45, 7) is 4.74. The van der Waals surface area contributed by atoms with Crippen LogP contribution in [0.15, 0.2) is 53.4 Å². The third-order valence-electron chi connectivity index (χ3n) is 3.87. The Balaban J connectivity index is 2.11. The quantitative estimate of drug-likeness (QED) is 0.759. The molecule has 0 heterocycles. The first-order chi connectivity index (χ1) is 12.7. The van der Waals surface area contributed by atoms with Crippen LogP contribution in [0.25, 0.3) is 0 Å². The van der Waals surface area contributed by atoms with Gasteiger partial charge < -0.3 is 10.2 Å². The lowest BCUT2D eigenvalue weighted by molar-refractivity contribution is -0.116. The molecular weight excluding hydrogens is 366 g/mol. The highest BCUT2D eigenvalue weighted by molar-refractivity contribution is 7.89. The van der Waals surface area contributed by atoms with E-state index in [1.165, 1.54) is 24.8 Å². The first-order valence-electron chi connectivity index (χ1n) is 8.42. The van der Waals surface area contributed by atoms with Crippen LogP contribution in [0.2, 0.25) is 0 Å². The van der Waals surface area contributed by atoms with Crippen molar-refractivity contribution in [3.05, 3.63) is 54.1 Å². The fraction of sp³-hybridized carbons (Fsp3) is 0.263. The summed E-state index contributed by atoms with van der Waals surface area (Å²) in [6.07, 6.45) is 0. The number of rotatable bonds is 7. The number of amides is 2. The standard InChI is InChI=1S/C19H23N3O4S/c1-14-7-4-5-10-19(14)27(25,26)20-11-12-22(16(3)24)18-9-6-8-17(13-18)21-15(2)23/h4-10,13,20H,11-12H2,1-3H3,(H,21,23). The summed E-state index contributed by atoms with van der Waals surface area (Å²) in [6, 6.07) is 13.5. The Labute approximate surface area is 159 Å². The van der Waals surface area contributed by atoms with E-state index in [2.05, 4.69) is 10.0 Å². The number of anilines is 2. The fourth-order valence-corrected chi connectivity index (χ4v) is 3.92. The van der Waals surface area contributed by atoms with Crippen LogP contribution >= 0.6 is 0 Å². The van der Waals surface area contributed by atoms with E-state index in [-0.39, 0.29) is 29.8 Å². The number of nitrogens with zero attached hydrogens (tertiary/aromatic N) is 1. The summed E-state index contributed by atoms with van der Waals surface area (Å²) in [7, 11) is -3.66. The van der Waals surface area contributed by atoms with Gasteiger partial charge in [-0.2, -0.15) is 0 Å². The van der Waals surface area contributed by atoms with Crippen LogP contribution in [0.5, 0.6) is 0 Å². The Hall–Kier alpha value is -2.71. The van der Waals surface area contributed by atoms with Gasteiger partial charge in [0, 0.05) is 38.3 Å². The molecule has 7 nitrogen and oxygen atoms in total. The van der Waals surface area contributed by atoms with Gasteiger partial charge in [0.15, 0.2) is 0 Å². The van der Waals surface area contributed by atoms with Gasteiger partial charge in [-0.1, -0.05) is 24.3 Å². The van der Waals surface area contributed by atoms with Gasteiger partial charge >= 0.3 is 0 Å². The van der Waals surface area contributed by atoms with Gasteiger partial charge in [-0.15, -0.1) is 0 Å². The number of carbonyl (C=O) groups excluding carboxylic acids is 2. The van der Waals surface area contributed by atoms with Crippen LogP contribution in [-0.2, 0) is 19.6 Å². The molecule has 0 radical (unpaired) electrons. The van der Waals surface area contributed by atoms with Crippen molar-refractivity contribution in [2.75, 3.05) is 23.3 Å². The van der Waals surface area contributed by atoms with E-state index in [0.29, 0.717) is 16.9 Å². The summed E-state index contributed by atoms with van der Waals surface area (Å²) in [5.74, 6) is -0.447. The van der Waals surface area contributed by atoms with E-state index in [0.717, 1.165) is 0 Å². The zero-order valence-corrected chi connectivity index (χ0v) is 16.3. The number of hydrogen-bond donors (Lipinski definition) is 2. The molecule has 8 heteroatoms. The highest BCUT2D eigenvalue weighted by Gasteiger charge is 2.18. The fourth-order valence-electron chi connectivity index (χ4n) is 2.65. The molecule has 2 rings (SSSR count). The van der Waals surface area contributed by atoms with Gasteiger partial charge in [-0.25, -0.2) is 13.1 Å². The van der Waals surface area contributed by atoms with Gasteiger partial charge in [0.1, 0.15) is 0 Å². The molecule has 0 fully saturated rings. The second kappa shape index (κ2) is 8.79. The van der Waals surface area contributed by atoms with Gasteiger partial charge in [-0.05, 0) is 36.8 Å². The van der Waals surface area contributed by atoms with Crippen LogP contribution in [-0.4, -0.2) is 33.3 Å². The monoisotopic (exact) mass is 389 g/mol. The molecule has 2 amide bonds. The number of benzene rings is 2. The van der Waals surface area contributed by atoms with Crippen molar-refractivity contribution in [1.82, 2.24) is 4.72 Å². The predicted octanol–water partition coefficient (Wildman–Crippen LogP) is 2.28. The molecule has 0 aromatic heterocycles. The Morgan fingerprint density at radius 3 is 2.37 bits per heavy atom. The second-order valence-corrected chi connectivity index (χ2v) is 7.80. The Morgan fingerprint density at radius 2 is 1.74 bits per heavy atom. The summed E-state index contributed by atoms with van der Waals surface area (Å²) < 4.78 is 27.4. The summed E-state index contributed by atoms with van der Waals surface area (Å²) in [5.41, 5.74) is 1.78. The highest BCUT2D eigenvalue weighted by atomic mass is 32.2. The molecule has 0 aliphatic rings. The molecule has 0 aliphatic heterocycles. The van der Waals surface area contributed by atoms with E-state index in [1.807, 2.05) is 0 Å². The lowest BCUT2D eigenvalue weighted by atomic mass is 10.2.